The summed E-state index contributed by atoms with van der Waals surface area (Å²) >= 11 is 4.98. The largest absolute Gasteiger partial charge is 0.348 e. The zero-order valence-electron chi connectivity index (χ0n) is 10.1. The Hall–Kier alpha value is -2.27. The minimum atomic E-state index is 0.637. The molecule has 0 aliphatic heterocycles. The van der Waals surface area contributed by atoms with E-state index >= 15 is 0 Å². The summed E-state index contributed by atoms with van der Waals surface area (Å²) in [6.45, 7) is 0. The van der Waals surface area contributed by atoms with E-state index in [9.17, 15) is 0 Å². The topological polar surface area (TPSA) is 57.4 Å². The third-order valence-electron chi connectivity index (χ3n) is 2.86. The summed E-state index contributed by atoms with van der Waals surface area (Å²) < 4.78 is 0.637. The van der Waals surface area contributed by atoms with E-state index in [0.29, 0.717) is 4.64 Å². The molecule has 0 aliphatic rings. The molecule has 19 heavy (non-hydrogen) atoms. The molecule has 3 aromatic rings. The fourth-order valence-electron chi connectivity index (χ4n) is 1.89. The second-order valence-corrected chi connectivity index (χ2v) is 4.66. The molecule has 94 valence electrons. The van der Waals surface area contributed by atoms with Gasteiger partial charge in [-0.1, -0.05) is 36.5 Å². The monoisotopic (exact) mass is 268 g/mol. The van der Waals surface area contributed by atoms with Crippen LogP contribution in [0.25, 0.3) is 11.3 Å². The average Bonchev–Trinajstić information content (AvgIpc) is 2.94. The molecular formula is C14H12N4S. The van der Waals surface area contributed by atoms with Crippen molar-refractivity contribution in [2.24, 2.45) is 0 Å². The lowest BCUT2D eigenvalue weighted by molar-refractivity contribution is 1.02. The summed E-state index contributed by atoms with van der Waals surface area (Å²) in [4.78, 5) is 7.32. The van der Waals surface area contributed by atoms with Crippen LogP contribution in [0, 0.1) is 4.64 Å². The molecule has 0 bridgehead atoms. The molecule has 0 amide bonds. The molecule has 2 aromatic heterocycles. The van der Waals surface area contributed by atoms with Crippen molar-refractivity contribution in [2.75, 3.05) is 0 Å². The predicted octanol–water partition coefficient (Wildman–Crippen LogP) is 3.12. The summed E-state index contributed by atoms with van der Waals surface area (Å²) in [5, 5.41) is 7.01. The van der Waals surface area contributed by atoms with E-state index in [0.717, 1.165) is 23.5 Å². The zero-order valence-corrected chi connectivity index (χ0v) is 10.9. The maximum atomic E-state index is 4.98. The first kappa shape index (κ1) is 11.8. The maximum absolute atomic E-state index is 4.98. The molecule has 2 heterocycles. The van der Waals surface area contributed by atoms with Gasteiger partial charge < -0.3 is 4.98 Å². The fraction of sp³-hybridized carbons (Fsp3) is 0.0714. The van der Waals surface area contributed by atoms with Crippen LogP contribution in [0.2, 0.25) is 0 Å². The third-order valence-corrected chi connectivity index (χ3v) is 3.08. The van der Waals surface area contributed by atoms with Crippen molar-refractivity contribution in [3.8, 4) is 11.3 Å². The first-order valence-electron chi connectivity index (χ1n) is 5.94. The van der Waals surface area contributed by atoms with Gasteiger partial charge >= 0.3 is 0 Å². The number of nitrogens with zero attached hydrogens (tertiary/aromatic N) is 2. The van der Waals surface area contributed by atoms with Crippen LogP contribution < -0.4 is 0 Å². The van der Waals surface area contributed by atoms with E-state index in [1.165, 1.54) is 5.56 Å². The van der Waals surface area contributed by atoms with Gasteiger partial charge in [0.25, 0.3) is 0 Å². The summed E-state index contributed by atoms with van der Waals surface area (Å²) in [5.41, 5.74) is 3.16. The Morgan fingerprint density at radius 1 is 1.05 bits per heavy atom. The van der Waals surface area contributed by atoms with E-state index in [4.69, 9.17) is 12.2 Å². The van der Waals surface area contributed by atoms with Gasteiger partial charge in [-0.05, 0) is 17.7 Å². The van der Waals surface area contributed by atoms with Gasteiger partial charge in [-0.25, -0.2) is 4.98 Å². The summed E-state index contributed by atoms with van der Waals surface area (Å²) in [7, 11) is 0. The molecule has 1 aromatic carbocycles. The van der Waals surface area contributed by atoms with Crippen LogP contribution in [0.3, 0.4) is 0 Å². The Morgan fingerprint density at radius 3 is 2.53 bits per heavy atom. The number of hydrogen-bond donors (Lipinski definition) is 2. The lowest BCUT2D eigenvalue weighted by atomic mass is 10.1. The zero-order chi connectivity index (χ0) is 13.1. The number of nitrogens with one attached hydrogen (secondary N) is 2. The highest BCUT2D eigenvalue weighted by molar-refractivity contribution is 7.71. The molecule has 0 unspecified atom stereocenters. The van der Waals surface area contributed by atoms with Crippen molar-refractivity contribution in [2.45, 2.75) is 6.42 Å². The van der Waals surface area contributed by atoms with Crippen LogP contribution >= 0.6 is 12.2 Å². The fourth-order valence-corrected chi connectivity index (χ4v) is 2.00. The first-order valence-corrected chi connectivity index (χ1v) is 6.35. The Kier molecular flexibility index (Phi) is 3.20. The Bertz CT molecular complexity index is 693. The lowest BCUT2D eigenvalue weighted by Crippen LogP contribution is -1.91. The highest BCUT2D eigenvalue weighted by Gasteiger charge is 2.01. The summed E-state index contributed by atoms with van der Waals surface area (Å²) in [6, 6.07) is 12.0. The van der Waals surface area contributed by atoms with Gasteiger partial charge in [0.1, 0.15) is 10.5 Å². The molecule has 4 nitrogen and oxygen atoms in total. The Balaban J connectivity index is 1.82. The lowest BCUT2D eigenvalue weighted by Gasteiger charge is -2.02. The van der Waals surface area contributed by atoms with Crippen LogP contribution in [0.4, 0.5) is 0 Å². The molecule has 3 rings (SSSR count). The molecule has 0 saturated carbocycles. The van der Waals surface area contributed by atoms with E-state index in [-0.39, 0.29) is 0 Å². The number of H-pyrrole nitrogens is 2. The Morgan fingerprint density at radius 2 is 1.89 bits per heavy atom. The average molecular weight is 268 g/mol. The predicted molar refractivity (Wildman–Crippen MR) is 76.3 cm³/mol. The number of aromatic nitrogens is 4. The number of imidazole rings is 1. The van der Waals surface area contributed by atoms with Gasteiger partial charge in [-0.15, -0.1) is 0 Å². The van der Waals surface area contributed by atoms with E-state index in [1.807, 2.05) is 18.3 Å². The maximum Gasteiger partial charge on any atom is 0.119 e. The molecule has 0 fully saturated rings. The molecule has 0 aliphatic carbocycles. The standard InChI is InChI=1S/C14H12N4S/c19-14-6-5-12(17-18-14)11-3-1-10(2-4-11)9-13-15-7-8-16-13/h1-8H,9H2,(H,15,16)(H,18,19). The van der Waals surface area contributed by atoms with Crippen molar-refractivity contribution in [1.82, 2.24) is 20.2 Å². The van der Waals surface area contributed by atoms with Crippen LogP contribution in [0.15, 0.2) is 48.8 Å². The number of benzene rings is 1. The quantitative estimate of drug-likeness (QED) is 0.718. The van der Waals surface area contributed by atoms with Gasteiger partial charge in [0.2, 0.25) is 0 Å². The van der Waals surface area contributed by atoms with Crippen molar-refractivity contribution in [3.05, 3.63) is 64.8 Å². The third kappa shape index (κ3) is 2.77. The molecule has 5 heteroatoms. The number of aromatic amines is 2. The molecule has 2 N–H and O–H groups in total. The van der Waals surface area contributed by atoms with Crippen molar-refractivity contribution < 1.29 is 0 Å². The van der Waals surface area contributed by atoms with Gasteiger partial charge in [0, 0.05) is 24.4 Å². The van der Waals surface area contributed by atoms with E-state index < -0.39 is 0 Å². The SMILES string of the molecule is S=c1ccc(-c2ccc(Cc3ncc[nH]3)cc2)n[nH]1. The smallest absolute Gasteiger partial charge is 0.119 e. The van der Waals surface area contributed by atoms with Gasteiger partial charge in [0.05, 0.1) is 5.69 Å². The van der Waals surface area contributed by atoms with Crippen LogP contribution in [-0.4, -0.2) is 20.2 Å². The van der Waals surface area contributed by atoms with Crippen molar-refractivity contribution in [1.29, 1.82) is 0 Å². The molecule has 0 atom stereocenters. The minimum Gasteiger partial charge on any atom is -0.348 e. The molecular weight excluding hydrogens is 256 g/mol. The summed E-state index contributed by atoms with van der Waals surface area (Å²) in [5.74, 6) is 0.967. The highest BCUT2D eigenvalue weighted by Crippen LogP contribution is 2.17. The van der Waals surface area contributed by atoms with E-state index in [1.54, 1.807) is 6.20 Å². The summed E-state index contributed by atoms with van der Waals surface area (Å²) in [6.07, 6.45) is 4.40. The van der Waals surface area contributed by atoms with Crippen LogP contribution in [-0.2, 0) is 6.42 Å². The first-order chi connectivity index (χ1) is 9.31. The van der Waals surface area contributed by atoms with Crippen LogP contribution in [0.1, 0.15) is 11.4 Å². The molecule has 0 saturated heterocycles. The van der Waals surface area contributed by atoms with E-state index in [2.05, 4.69) is 44.4 Å². The Labute approximate surface area is 115 Å². The molecule has 0 radical (unpaired) electrons. The van der Waals surface area contributed by atoms with Gasteiger partial charge in [0.15, 0.2) is 0 Å². The second kappa shape index (κ2) is 5.16. The molecule has 0 spiro atoms. The van der Waals surface area contributed by atoms with Crippen molar-refractivity contribution in [3.63, 3.8) is 0 Å². The number of rotatable bonds is 3. The van der Waals surface area contributed by atoms with Crippen LogP contribution in [0.5, 0.6) is 0 Å². The van der Waals surface area contributed by atoms with Crippen molar-refractivity contribution >= 4 is 12.2 Å². The highest BCUT2D eigenvalue weighted by atomic mass is 32.1. The second-order valence-electron chi connectivity index (χ2n) is 4.22. The minimum absolute atomic E-state index is 0.637. The van der Waals surface area contributed by atoms with Gasteiger partial charge in [-0.2, -0.15) is 5.10 Å². The number of hydrogen-bond acceptors (Lipinski definition) is 3. The normalized spacial score (nSPS) is 10.5. The van der Waals surface area contributed by atoms with Gasteiger partial charge in [-0.3, -0.25) is 5.10 Å².